The summed E-state index contributed by atoms with van der Waals surface area (Å²) in [6, 6.07) is 5.38. The molecule has 0 amide bonds. The lowest BCUT2D eigenvalue weighted by Crippen LogP contribution is -1.98. The second-order valence-corrected chi connectivity index (χ2v) is 2.81. The third-order valence-corrected chi connectivity index (χ3v) is 1.79. The molecule has 0 spiro atoms. The third kappa shape index (κ3) is 3.16. The van der Waals surface area contributed by atoms with E-state index in [1.54, 1.807) is 12.1 Å². The second-order valence-electron chi connectivity index (χ2n) is 2.81. The van der Waals surface area contributed by atoms with Gasteiger partial charge in [-0.15, -0.1) is 0 Å². The fraction of sp³-hybridized carbons (Fsp3) is 0.364. The lowest BCUT2D eigenvalue weighted by Gasteiger charge is -2.09. The lowest BCUT2D eigenvalue weighted by molar-refractivity contribution is 0.317. The van der Waals surface area contributed by atoms with Crippen LogP contribution in [0.25, 0.3) is 0 Å². The lowest BCUT2D eigenvalue weighted by atomic mass is 10.2. The smallest absolute Gasteiger partial charge is 0.131 e. The molecule has 1 rings (SSSR count). The number of rotatable bonds is 5. The first-order valence-corrected chi connectivity index (χ1v) is 4.88. The Morgan fingerprint density at radius 3 is 2.60 bits per heavy atom. The maximum atomic E-state index is 8.47. The fourth-order valence-corrected chi connectivity index (χ4v) is 1.22. The molecule has 0 saturated carbocycles. The standard InChI is InChI=1S/C11H15NO3/c1-3-14-10-6-5-9(8-12-13)11(7-10)15-4-2/h5-8,13H,3-4H2,1-2H3/b12-8-. The van der Waals surface area contributed by atoms with Crippen LogP contribution in [0.15, 0.2) is 23.4 Å². The molecule has 0 unspecified atom stereocenters. The van der Waals surface area contributed by atoms with Gasteiger partial charge in [-0.3, -0.25) is 0 Å². The van der Waals surface area contributed by atoms with Crippen LogP contribution < -0.4 is 9.47 Å². The van der Waals surface area contributed by atoms with Crippen LogP contribution in [0.4, 0.5) is 0 Å². The maximum absolute atomic E-state index is 8.47. The van der Waals surface area contributed by atoms with Crippen molar-refractivity contribution >= 4 is 6.21 Å². The van der Waals surface area contributed by atoms with Gasteiger partial charge in [0.15, 0.2) is 0 Å². The Morgan fingerprint density at radius 2 is 2.00 bits per heavy atom. The van der Waals surface area contributed by atoms with E-state index in [4.69, 9.17) is 14.7 Å². The van der Waals surface area contributed by atoms with Gasteiger partial charge in [-0.2, -0.15) is 0 Å². The SMILES string of the molecule is CCOc1ccc(/C=N\O)c(OCC)c1. The summed E-state index contributed by atoms with van der Waals surface area (Å²) in [5.74, 6) is 1.40. The molecule has 0 aliphatic rings. The summed E-state index contributed by atoms with van der Waals surface area (Å²) in [6.07, 6.45) is 1.33. The van der Waals surface area contributed by atoms with Gasteiger partial charge in [0, 0.05) is 11.6 Å². The minimum atomic E-state index is 0.557. The number of nitrogens with zero attached hydrogens (tertiary/aromatic N) is 1. The molecule has 82 valence electrons. The average molecular weight is 209 g/mol. The van der Waals surface area contributed by atoms with Crippen molar-refractivity contribution in [2.75, 3.05) is 13.2 Å². The summed E-state index contributed by atoms with van der Waals surface area (Å²) in [5, 5.41) is 11.4. The molecule has 0 bridgehead atoms. The minimum Gasteiger partial charge on any atom is -0.494 e. The summed E-state index contributed by atoms with van der Waals surface area (Å²) in [6.45, 7) is 4.98. The van der Waals surface area contributed by atoms with Crippen LogP contribution in [0, 0.1) is 0 Å². The van der Waals surface area contributed by atoms with Crippen molar-refractivity contribution in [3.05, 3.63) is 23.8 Å². The van der Waals surface area contributed by atoms with E-state index in [-0.39, 0.29) is 0 Å². The molecular formula is C11H15NO3. The Bertz CT molecular complexity index is 337. The Hall–Kier alpha value is -1.71. The van der Waals surface area contributed by atoms with Crippen molar-refractivity contribution in [3.8, 4) is 11.5 Å². The van der Waals surface area contributed by atoms with E-state index in [1.165, 1.54) is 6.21 Å². The molecule has 1 aromatic rings. The van der Waals surface area contributed by atoms with Gasteiger partial charge in [0.1, 0.15) is 11.5 Å². The predicted molar refractivity (Wildman–Crippen MR) is 58.2 cm³/mol. The first kappa shape index (κ1) is 11.4. The first-order valence-electron chi connectivity index (χ1n) is 4.88. The third-order valence-electron chi connectivity index (χ3n) is 1.79. The zero-order valence-corrected chi connectivity index (χ0v) is 8.93. The van der Waals surface area contributed by atoms with Gasteiger partial charge in [-0.25, -0.2) is 0 Å². The van der Waals surface area contributed by atoms with Gasteiger partial charge in [-0.05, 0) is 26.0 Å². The van der Waals surface area contributed by atoms with Crippen molar-refractivity contribution in [3.63, 3.8) is 0 Å². The van der Waals surface area contributed by atoms with E-state index in [1.807, 2.05) is 19.9 Å². The Kier molecular flexibility index (Phi) is 4.47. The Labute approximate surface area is 89.1 Å². The monoisotopic (exact) mass is 209 g/mol. The molecule has 0 aromatic heterocycles. The molecule has 0 aliphatic heterocycles. The van der Waals surface area contributed by atoms with Crippen molar-refractivity contribution in [2.45, 2.75) is 13.8 Å². The van der Waals surface area contributed by atoms with Crippen LogP contribution in [0.3, 0.4) is 0 Å². The second kappa shape index (κ2) is 5.90. The van der Waals surface area contributed by atoms with Crippen molar-refractivity contribution < 1.29 is 14.7 Å². The van der Waals surface area contributed by atoms with Gasteiger partial charge < -0.3 is 14.7 Å². The molecule has 0 fully saturated rings. The van der Waals surface area contributed by atoms with Gasteiger partial charge in [-0.1, -0.05) is 5.16 Å². The number of benzene rings is 1. The van der Waals surface area contributed by atoms with Crippen LogP contribution in [0.1, 0.15) is 19.4 Å². The van der Waals surface area contributed by atoms with Crippen LogP contribution >= 0.6 is 0 Å². The van der Waals surface area contributed by atoms with Crippen LogP contribution in [0.2, 0.25) is 0 Å². The highest BCUT2D eigenvalue weighted by Gasteiger charge is 2.03. The van der Waals surface area contributed by atoms with Crippen LogP contribution in [-0.2, 0) is 0 Å². The number of hydrogen-bond donors (Lipinski definition) is 1. The average Bonchev–Trinajstić information content (AvgIpc) is 2.23. The highest BCUT2D eigenvalue weighted by atomic mass is 16.5. The largest absolute Gasteiger partial charge is 0.494 e. The van der Waals surface area contributed by atoms with E-state index in [0.29, 0.717) is 19.0 Å². The molecule has 0 heterocycles. The molecule has 1 aromatic carbocycles. The maximum Gasteiger partial charge on any atom is 0.131 e. The first-order chi connectivity index (χ1) is 7.31. The summed E-state index contributed by atoms with van der Waals surface area (Å²) >= 11 is 0. The van der Waals surface area contributed by atoms with Crippen molar-refractivity contribution in [1.29, 1.82) is 0 Å². The van der Waals surface area contributed by atoms with Gasteiger partial charge in [0.25, 0.3) is 0 Å². The van der Waals surface area contributed by atoms with Crippen LogP contribution in [-0.4, -0.2) is 24.6 Å². The van der Waals surface area contributed by atoms with E-state index in [9.17, 15) is 0 Å². The molecular weight excluding hydrogens is 194 g/mol. The van der Waals surface area contributed by atoms with Gasteiger partial charge in [0.05, 0.1) is 19.4 Å². The van der Waals surface area contributed by atoms with Gasteiger partial charge in [0.2, 0.25) is 0 Å². The normalized spacial score (nSPS) is 10.5. The minimum absolute atomic E-state index is 0.557. The molecule has 1 N–H and O–H groups in total. The summed E-state index contributed by atoms with van der Waals surface area (Å²) in [4.78, 5) is 0. The summed E-state index contributed by atoms with van der Waals surface area (Å²) in [7, 11) is 0. The number of ether oxygens (including phenoxy) is 2. The van der Waals surface area contributed by atoms with E-state index >= 15 is 0 Å². The molecule has 4 heteroatoms. The van der Waals surface area contributed by atoms with Crippen molar-refractivity contribution in [1.82, 2.24) is 0 Å². The quantitative estimate of drug-likeness (QED) is 0.460. The van der Waals surface area contributed by atoms with E-state index < -0.39 is 0 Å². The van der Waals surface area contributed by atoms with Gasteiger partial charge >= 0.3 is 0 Å². The van der Waals surface area contributed by atoms with Crippen molar-refractivity contribution in [2.24, 2.45) is 5.16 Å². The Morgan fingerprint density at radius 1 is 1.27 bits per heavy atom. The number of oxime groups is 1. The summed E-state index contributed by atoms with van der Waals surface area (Å²) in [5.41, 5.74) is 0.725. The molecule has 0 radical (unpaired) electrons. The highest BCUT2D eigenvalue weighted by Crippen LogP contribution is 2.23. The zero-order valence-electron chi connectivity index (χ0n) is 8.93. The summed E-state index contributed by atoms with van der Waals surface area (Å²) < 4.78 is 10.7. The molecule has 0 atom stereocenters. The molecule has 0 saturated heterocycles. The molecule has 0 aliphatic carbocycles. The molecule has 4 nitrogen and oxygen atoms in total. The Balaban J connectivity index is 2.97. The van der Waals surface area contributed by atoms with Crippen LogP contribution in [0.5, 0.6) is 11.5 Å². The highest BCUT2D eigenvalue weighted by molar-refractivity contribution is 5.83. The fourth-order valence-electron chi connectivity index (χ4n) is 1.22. The predicted octanol–water partition coefficient (Wildman–Crippen LogP) is 2.29. The van der Waals surface area contributed by atoms with E-state index in [0.717, 1.165) is 11.3 Å². The number of hydrogen-bond acceptors (Lipinski definition) is 4. The molecule has 15 heavy (non-hydrogen) atoms. The topological polar surface area (TPSA) is 51.0 Å². The zero-order chi connectivity index (χ0) is 11.1. The van der Waals surface area contributed by atoms with E-state index in [2.05, 4.69) is 5.16 Å².